The van der Waals surface area contributed by atoms with E-state index in [9.17, 15) is 0 Å². The Balaban J connectivity index is 1.30. The molecular formula is C21H34O2. The van der Waals surface area contributed by atoms with Gasteiger partial charge in [-0.3, -0.25) is 0 Å². The smallest absolute Gasteiger partial charge is 0.157 e. The minimum absolute atomic E-state index is 0.00541. The molecule has 2 nitrogen and oxygen atoms in total. The van der Waals surface area contributed by atoms with E-state index in [1.165, 1.54) is 38.5 Å². The summed E-state index contributed by atoms with van der Waals surface area (Å²) in [6, 6.07) is 0. The van der Waals surface area contributed by atoms with Crippen molar-refractivity contribution in [1.82, 2.24) is 0 Å². The van der Waals surface area contributed by atoms with Gasteiger partial charge in [0.05, 0.1) is 6.61 Å². The predicted molar refractivity (Wildman–Crippen MR) is 95.1 cm³/mol. The third-order valence-electron chi connectivity index (χ3n) is 6.12. The van der Waals surface area contributed by atoms with Crippen molar-refractivity contribution in [2.75, 3.05) is 13.2 Å². The van der Waals surface area contributed by atoms with Crippen LogP contribution in [0.2, 0.25) is 0 Å². The van der Waals surface area contributed by atoms with Crippen molar-refractivity contribution >= 4 is 0 Å². The predicted octanol–water partition coefficient (Wildman–Crippen LogP) is 5.35. The molecule has 130 valence electrons. The second kappa shape index (κ2) is 8.48. The highest BCUT2D eigenvalue weighted by Crippen LogP contribution is 2.43. The summed E-state index contributed by atoms with van der Waals surface area (Å²) in [6.07, 6.45) is 18.3. The third kappa shape index (κ3) is 4.70. The van der Waals surface area contributed by atoms with Crippen LogP contribution in [-0.2, 0) is 9.47 Å². The molecule has 0 saturated heterocycles. The van der Waals surface area contributed by atoms with Gasteiger partial charge in [-0.1, -0.05) is 31.2 Å². The van der Waals surface area contributed by atoms with Crippen LogP contribution < -0.4 is 0 Å². The number of fused-ring (bicyclic) bond motifs is 2. The van der Waals surface area contributed by atoms with Gasteiger partial charge in [-0.15, -0.1) is 0 Å². The Morgan fingerprint density at radius 1 is 1.13 bits per heavy atom. The molecule has 6 atom stereocenters. The van der Waals surface area contributed by atoms with Gasteiger partial charge in [-0.2, -0.15) is 0 Å². The Morgan fingerprint density at radius 2 is 2.04 bits per heavy atom. The van der Waals surface area contributed by atoms with Crippen molar-refractivity contribution in [2.45, 2.75) is 65.1 Å². The summed E-state index contributed by atoms with van der Waals surface area (Å²) < 4.78 is 12.1. The van der Waals surface area contributed by atoms with Crippen molar-refractivity contribution in [3.63, 3.8) is 0 Å². The summed E-state index contributed by atoms with van der Waals surface area (Å²) in [4.78, 5) is 0. The van der Waals surface area contributed by atoms with E-state index >= 15 is 0 Å². The van der Waals surface area contributed by atoms with Gasteiger partial charge in [-0.25, -0.2) is 0 Å². The summed E-state index contributed by atoms with van der Waals surface area (Å²) in [7, 11) is 0. The number of hydrogen-bond donors (Lipinski definition) is 0. The minimum Gasteiger partial charge on any atom is -0.353 e. The first kappa shape index (κ1) is 17.2. The molecular weight excluding hydrogens is 284 g/mol. The Morgan fingerprint density at radius 3 is 2.74 bits per heavy atom. The van der Waals surface area contributed by atoms with Gasteiger partial charge in [0.2, 0.25) is 0 Å². The van der Waals surface area contributed by atoms with E-state index in [0.29, 0.717) is 0 Å². The van der Waals surface area contributed by atoms with Crippen molar-refractivity contribution < 1.29 is 9.47 Å². The molecule has 0 aromatic rings. The summed E-state index contributed by atoms with van der Waals surface area (Å²) >= 11 is 0. The zero-order valence-electron chi connectivity index (χ0n) is 15.0. The van der Waals surface area contributed by atoms with Crippen LogP contribution in [0.3, 0.4) is 0 Å². The molecule has 0 aromatic heterocycles. The van der Waals surface area contributed by atoms with Crippen LogP contribution in [0.1, 0.15) is 58.8 Å². The van der Waals surface area contributed by atoms with E-state index in [-0.39, 0.29) is 6.29 Å². The molecule has 6 unspecified atom stereocenters. The van der Waals surface area contributed by atoms with Gasteiger partial charge in [0, 0.05) is 6.61 Å². The lowest BCUT2D eigenvalue weighted by atomic mass is 9.95. The lowest BCUT2D eigenvalue weighted by molar-refractivity contribution is -0.154. The van der Waals surface area contributed by atoms with Crippen LogP contribution in [0.5, 0.6) is 0 Å². The molecule has 0 amide bonds. The standard InChI is InChI=1S/C21H34O2/c1-3-5-16-6-7-17(12-16)10-11-22-21(4-2)23-15-20-14-18-8-9-19(20)13-18/h3,5,8-9,16-21H,4,6-7,10-15H2,1-2H3/b5-3-. The molecule has 2 bridgehead atoms. The molecule has 2 fully saturated rings. The molecule has 3 aliphatic rings. The highest BCUT2D eigenvalue weighted by molar-refractivity contribution is 5.10. The molecule has 0 aliphatic heterocycles. The Bertz CT molecular complexity index is 414. The van der Waals surface area contributed by atoms with E-state index in [1.54, 1.807) is 0 Å². The lowest BCUT2D eigenvalue weighted by Crippen LogP contribution is -2.23. The van der Waals surface area contributed by atoms with Gasteiger partial charge in [0.1, 0.15) is 0 Å². The topological polar surface area (TPSA) is 18.5 Å². The Kier molecular flexibility index (Phi) is 6.36. The molecule has 0 radical (unpaired) electrons. The summed E-state index contributed by atoms with van der Waals surface area (Å²) in [5, 5.41) is 0. The van der Waals surface area contributed by atoms with Crippen LogP contribution in [0.25, 0.3) is 0 Å². The maximum atomic E-state index is 6.08. The summed E-state index contributed by atoms with van der Waals surface area (Å²) in [5.41, 5.74) is 0. The lowest BCUT2D eigenvalue weighted by Gasteiger charge is -2.23. The molecule has 2 heteroatoms. The van der Waals surface area contributed by atoms with Gasteiger partial charge >= 0.3 is 0 Å². The van der Waals surface area contributed by atoms with Crippen molar-refractivity contribution in [3.8, 4) is 0 Å². The van der Waals surface area contributed by atoms with Gasteiger partial charge in [0.25, 0.3) is 0 Å². The highest BCUT2D eigenvalue weighted by Gasteiger charge is 2.35. The molecule has 3 aliphatic carbocycles. The zero-order valence-corrected chi connectivity index (χ0v) is 15.0. The monoisotopic (exact) mass is 318 g/mol. The fourth-order valence-corrected chi connectivity index (χ4v) is 4.79. The third-order valence-corrected chi connectivity index (χ3v) is 6.12. The van der Waals surface area contributed by atoms with Crippen LogP contribution in [0.4, 0.5) is 0 Å². The van der Waals surface area contributed by atoms with Crippen LogP contribution in [0.15, 0.2) is 24.3 Å². The van der Waals surface area contributed by atoms with Gasteiger partial charge in [0.15, 0.2) is 6.29 Å². The normalized spacial score (nSPS) is 37.2. The Labute approximate surface area is 142 Å². The Hall–Kier alpha value is -0.600. The number of ether oxygens (including phenoxy) is 2. The average Bonchev–Trinajstić information content (AvgIpc) is 3.28. The van der Waals surface area contributed by atoms with Crippen molar-refractivity contribution in [2.24, 2.45) is 29.6 Å². The second-order valence-corrected chi connectivity index (χ2v) is 7.84. The first-order chi connectivity index (χ1) is 11.3. The molecule has 0 N–H and O–H groups in total. The molecule has 2 saturated carbocycles. The number of allylic oxidation sites excluding steroid dienone is 4. The maximum absolute atomic E-state index is 6.08. The molecule has 0 aromatic carbocycles. The minimum atomic E-state index is 0.00541. The highest BCUT2D eigenvalue weighted by atomic mass is 16.7. The van der Waals surface area contributed by atoms with Crippen LogP contribution >= 0.6 is 0 Å². The van der Waals surface area contributed by atoms with E-state index in [0.717, 1.165) is 49.2 Å². The van der Waals surface area contributed by atoms with E-state index < -0.39 is 0 Å². The first-order valence-electron chi connectivity index (χ1n) is 9.82. The quantitative estimate of drug-likeness (QED) is 0.421. The first-order valence-corrected chi connectivity index (χ1v) is 9.82. The average molecular weight is 319 g/mol. The molecule has 0 heterocycles. The number of hydrogen-bond acceptors (Lipinski definition) is 2. The summed E-state index contributed by atoms with van der Waals surface area (Å²) in [6.45, 7) is 6.05. The van der Waals surface area contributed by atoms with E-state index in [1.807, 2.05) is 0 Å². The van der Waals surface area contributed by atoms with Crippen molar-refractivity contribution in [3.05, 3.63) is 24.3 Å². The van der Waals surface area contributed by atoms with Crippen LogP contribution in [0, 0.1) is 29.6 Å². The van der Waals surface area contributed by atoms with Crippen molar-refractivity contribution in [1.29, 1.82) is 0 Å². The maximum Gasteiger partial charge on any atom is 0.157 e. The van der Waals surface area contributed by atoms with E-state index in [4.69, 9.17) is 9.47 Å². The fourth-order valence-electron chi connectivity index (χ4n) is 4.79. The largest absolute Gasteiger partial charge is 0.353 e. The fraction of sp³-hybridized carbons (Fsp3) is 0.810. The summed E-state index contributed by atoms with van der Waals surface area (Å²) in [5.74, 6) is 4.01. The molecule has 23 heavy (non-hydrogen) atoms. The number of rotatable bonds is 9. The van der Waals surface area contributed by atoms with Crippen LogP contribution in [-0.4, -0.2) is 19.5 Å². The molecule has 3 rings (SSSR count). The second-order valence-electron chi connectivity index (χ2n) is 7.84. The van der Waals surface area contributed by atoms with Gasteiger partial charge in [-0.05, 0) is 81.5 Å². The SMILES string of the molecule is C/C=C\C1CCC(CCOC(CC)OCC2CC3C=CC2C3)C1. The van der Waals surface area contributed by atoms with E-state index in [2.05, 4.69) is 38.2 Å². The molecule has 0 spiro atoms. The van der Waals surface area contributed by atoms with Gasteiger partial charge < -0.3 is 9.47 Å². The zero-order chi connectivity index (χ0) is 16.1.